The van der Waals surface area contributed by atoms with Gasteiger partial charge in [-0.05, 0) is 25.0 Å². The Labute approximate surface area is 105 Å². The highest BCUT2D eigenvalue weighted by atomic mass is 79.9. The topological polar surface area (TPSA) is 29.5 Å². The molecule has 0 bridgehead atoms. The van der Waals surface area contributed by atoms with Crippen molar-refractivity contribution in [1.82, 2.24) is 0 Å². The summed E-state index contributed by atoms with van der Waals surface area (Å²) in [4.78, 5) is 0. The molecule has 0 spiro atoms. The number of ether oxygens (including phenoxy) is 1. The van der Waals surface area contributed by atoms with E-state index in [0.717, 1.165) is 22.0 Å². The standard InChI is InChI=1S/C13H17BrO2/c1-4-9(2)7-12(15)11-6-5-10(14)8-13(11)16-3/h5-6,8,12,15H,2,4,7H2,1,3H3. The summed E-state index contributed by atoms with van der Waals surface area (Å²) in [5.74, 6) is 0.700. The molecule has 1 N–H and O–H groups in total. The molecule has 0 aliphatic carbocycles. The second-order valence-corrected chi connectivity index (χ2v) is 4.63. The van der Waals surface area contributed by atoms with Gasteiger partial charge in [0, 0.05) is 10.0 Å². The summed E-state index contributed by atoms with van der Waals surface area (Å²) in [6.07, 6.45) is 0.917. The lowest BCUT2D eigenvalue weighted by molar-refractivity contribution is 0.173. The van der Waals surface area contributed by atoms with Crippen LogP contribution >= 0.6 is 15.9 Å². The highest BCUT2D eigenvalue weighted by molar-refractivity contribution is 9.10. The van der Waals surface area contributed by atoms with Crippen LogP contribution in [0.1, 0.15) is 31.4 Å². The largest absolute Gasteiger partial charge is 0.496 e. The van der Waals surface area contributed by atoms with Crippen LogP contribution in [0.2, 0.25) is 0 Å². The van der Waals surface area contributed by atoms with E-state index in [0.29, 0.717) is 12.2 Å². The Bertz CT molecular complexity index is 374. The van der Waals surface area contributed by atoms with Gasteiger partial charge in [-0.25, -0.2) is 0 Å². The highest BCUT2D eigenvalue weighted by Crippen LogP contribution is 2.31. The molecule has 0 saturated heterocycles. The number of hydrogen-bond donors (Lipinski definition) is 1. The van der Waals surface area contributed by atoms with E-state index in [2.05, 4.69) is 22.5 Å². The smallest absolute Gasteiger partial charge is 0.125 e. The Morgan fingerprint density at radius 2 is 2.25 bits per heavy atom. The average Bonchev–Trinajstić information content (AvgIpc) is 2.28. The monoisotopic (exact) mass is 284 g/mol. The van der Waals surface area contributed by atoms with Crippen LogP contribution in [0.4, 0.5) is 0 Å². The van der Waals surface area contributed by atoms with Crippen molar-refractivity contribution in [1.29, 1.82) is 0 Å². The summed E-state index contributed by atoms with van der Waals surface area (Å²) in [6.45, 7) is 5.94. The predicted octanol–water partition coefficient (Wildman–Crippen LogP) is 3.85. The highest BCUT2D eigenvalue weighted by Gasteiger charge is 2.14. The Balaban J connectivity index is 2.90. The fraction of sp³-hybridized carbons (Fsp3) is 0.385. The minimum Gasteiger partial charge on any atom is -0.496 e. The van der Waals surface area contributed by atoms with E-state index in [4.69, 9.17) is 4.74 Å². The van der Waals surface area contributed by atoms with Gasteiger partial charge in [-0.1, -0.05) is 41.1 Å². The van der Waals surface area contributed by atoms with Gasteiger partial charge in [0.25, 0.3) is 0 Å². The van der Waals surface area contributed by atoms with Crippen LogP contribution in [0, 0.1) is 0 Å². The van der Waals surface area contributed by atoms with Gasteiger partial charge in [0.1, 0.15) is 5.75 Å². The number of aliphatic hydroxyl groups is 1. The molecule has 0 aromatic heterocycles. The maximum absolute atomic E-state index is 10.1. The Kier molecular flexibility index (Phi) is 5.03. The van der Waals surface area contributed by atoms with Gasteiger partial charge < -0.3 is 9.84 Å². The number of rotatable bonds is 5. The number of benzene rings is 1. The molecule has 1 aromatic rings. The van der Waals surface area contributed by atoms with Gasteiger partial charge in [0.2, 0.25) is 0 Å². The van der Waals surface area contributed by atoms with Gasteiger partial charge in [-0.15, -0.1) is 0 Å². The second-order valence-electron chi connectivity index (χ2n) is 3.71. The van der Waals surface area contributed by atoms with Gasteiger partial charge in [0.15, 0.2) is 0 Å². The first-order valence-electron chi connectivity index (χ1n) is 5.26. The van der Waals surface area contributed by atoms with E-state index < -0.39 is 6.10 Å². The maximum atomic E-state index is 10.1. The minimum absolute atomic E-state index is 0.546. The summed E-state index contributed by atoms with van der Waals surface area (Å²) >= 11 is 3.37. The normalized spacial score (nSPS) is 12.2. The summed E-state index contributed by atoms with van der Waals surface area (Å²) in [7, 11) is 1.60. The number of hydrogen-bond acceptors (Lipinski definition) is 2. The van der Waals surface area contributed by atoms with E-state index in [-0.39, 0.29) is 0 Å². The Hall–Kier alpha value is -0.800. The lowest BCUT2D eigenvalue weighted by Gasteiger charge is -2.15. The van der Waals surface area contributed by atoms with Crippen LogP contribution < -0.4 is 4.74 Å². The fourth-order valence-corrected chi connectivity index (χ4v) is 1.83. The summed E-state index contributed by atoms with van der Waals surface area (Å²) in [6, 6.07) is 5.62. The molecule has 88 valence electrons. The molecule has 1 atom stereocenters. The quantitative estimate of drug-likeness (QED) is 0.833. The van der Waals surface area contributed by atoms with Crippen molar-refractivity contribution in [3.63, 3.8) is 0 Å². The molecule has 0 heterocycles. The van der Waals surface area contributed by atoms with E-state index in [9.17, 15) is 5.11 Å². The van der Waals surface area contributed by atoms with Crippen molar-refractivity contribution >= 4 is 15.9 Å². The second kappa shape index (κ2) is 6.06. The van der Waals surface area contributed by atoms with Crippen molar-refractivity contribution in [2.75, 3.05) is 7.11 Å². The third-order valence-corrected chi connectivity index (χ3v) is 3.03. The lowest BCUT2D eigenvalue weighted by atomic mass is 10.0. The molecule has 3 heteroatoms. The van der Waals surface area contributed by atoms with E-state index in [1.54, 1.807) is 7.11 Å². The van der Waals surface area contributed by atoms with Crippen LogP contribution in [0.3, 0.4) is 0 Å². The van der Waals surface area contributed by atoms with Crippen molar-refractivity contribution in [3.8, 4) is 5.75 Å². The van der Waals surface area contributed by atoms with Crippen LogP contribution in [-0.2, 0) is 0 Å². The molecule has 0 radical (unpaired) electrons. The minimum atomic E-state index is -0.546. The predicted molar refractivity (Wildman–Crippen MR) is 69.7 cm³/mol. The number of methoxy groups -OCH3 is 1. The maximum Gasteiger partial charge on any atom is 0.125 e. The molecule has 1 aromatic carbocycles. The first-order chi connectivity index (χ1) is 7.58. The average molecular weight is 285 g/mol. The van der Waals surface area contributed by atoms with Crippen LogP contribution in [-0.4, -0.2) is 12.2 Å². The van der Waals surface area contributed by atoms with E-state index in [1.807, 2.05) is 25.1 Å². The molecule has 0 amide bonds. The molecule has 2 nitrogen and oxygen atoms in total. The van der Waals surface area contributed by atoms with Gasteiger partial charge in [-0.2, -0.15) is 0 Å². The Morgan fingerprint density at radius 1 is 1.56 bits per heavy atom. The van der Waals surface area contributed by atoms with Crippen molar-refractivity contribution in [3.05, 3.63) is 40.4 Å². The molecule has 0 aliphatic rings. The number of halogens is 1. The third kappa shape index (κ3) is 3.35. The van der Waals surface area contributed by atoms with Crippen molar-refractivity contribution < 1.29 is 9.84 Å². The summed E-state index contributed by atoms with van der Waals surface area (Å²) in [5, 5.41) is 10.1. The van der Waals surface area contributed by atoms with Crippen LogP contribution in [0.15, 0.2) is 34.8 Å². The van der Waals surface area contributed by atoms with Crippen LogP contribution in [0.25, 0.3) is 0 Å². The number of aliphatic hydroxyl groups excluding tert-OH is 1. The first kappa shape index (κ1) is 13.3. The first-order valence-corrected chi connectivity index (χ1v) is 6.06. The molecule has 1 unspecified atom stereocenters. The van der Waals surface area contributed by atoms with Gasteiger partial charge in [-0.3, -0.25) is 0 Å². The van der Waals surface area contributed by atoms with Gasteiger partial charge >= 0.3 is 0 Å². The molecular weight excluding hydrogens is 268 g/mol. The van der Waals surface area contributed by atoms with Gasteiger partial charge in [0.05, 0.1) is 13.2 Å². The van der Waals surface area contributed by atoms with E-state index >= 15 is 0 Å². The zero-order valence-electron chi connectivity index (χ0n) is 9.66. The van der Waals surface area contributed by atoms with E-state index in [1.165, 1.54) is 0 Å². The SMILES string of the molecule is C=C(CC)CC(O)c1ccc(Br)cc1OC. The summed E-state index contributed by atoms with van der Waals surface area (Å²) < 4.78 is 6.18. The molecule has 0 fully saturated rings. The fourth-order valence-electron chi connectivity index (χ4n) is 1.49. The Morgan fingerprint density at radius 3 is 2.81 bits per heavy atom. The molecule has 16 heavy (non-hydrogen) atoms. The molecule has 0 saturated carbocycles. The zero-order chi connectivity index (χ0) is 12.1. The lowest BCUT2D eigenvalue weighted by Crippen LogP contribution is -2.01. The third-order valence-electron chi connectivity index (χ3n) is 2.54. The van der Waals surface area contributed by atoms with Crippen LogP contribution in [0.5, 0.6) is 5.75 Å². The zero-order valence-corrected chi connectivity index (χ0v) is 11.3. The summed E-state index contributed by atoms with van der Waals surface area (Å²) in [5.41, 5.74) is 1.85. The molecular formula is C13H17BrO2. The van der Waals surface area contributed by atoms with Crippen molar-refractivity contribution in [2.24, 2.45) is 0 Å². The molecule has 1 rings (SSSR count). The van der Waals surface area contributed by atoms with Crippen molar-refractivity contribution in [2.45, 2.75) is 25.9 Å². The molecule has 0 aliphatic heterocycles.